The lowest BCUT2D eigenvalue weighted by atomic mass is 10.1. The fraction of sp³-hybridized carbons (Fsp3) is 0.375. The third-order valence-corrected chi connectivity index (χ3v) is 5.83. The van der Waals surface area contributed by atoms with Gasteiger partial charge in [0.1, 0.15) is 0 Å². The maximum absolute atomic E-state index is 12.7. The summed E-state index contributed by atoms with van der Waals surface area (Å²) in [4.78, 5) is 17.6. The molecule has 1 fully saturated rings. The summed E-state index contributed by atoms with van der Waals surface area (Å²) in [7, 11) is 2.17. The Morgan fingerprint density at radius 3 is 2.45 bits per heavy atom. The number of benzene rings is 2. The second kappa shape index (κ2) is 9.41. The van der Waals surface area contributed by atoms with Crippen LogP contribution in [0.15, 0.2) is 48.5 Å². The Labute approximate surface area is 183 Å². The van der Waals surface area contributed by atoms with Crippen molar-refractivity contribution in [3.05, 3.63) is 76.6 Å². The highest BCUT2D eigenvalue weighted by Crippen LogP contribution is 2.14. The molecule has 0 spiro atoms. The SMILES string of the molecule is Cc1ccc(-n2nnc(C(=O)NCc3cccc(CN4CCN(C)CC4)c3)c2C)cc1. The zero-order chi connectivity index (χ0) is 21.8. The number of carbonyl (C=O) groups excluding carboxylic acids is 1. The second-order valence-electron chi connectivity index (χ2n) is 8.35. The smallest absolute Gasteiger partial charge is 0.274 e. The molecule has 1 N–H and O–H groups in total. The number of nitrogens with zero attached hydrogens (tertiary/aromatic N) is 5. The molecule has 1 saturated heterocycles. The Hall–Kier alpha value is -3.03. The average Bonchev–Trinajstić information content (AvgIpc) is 3.16. The van der Waals surface area contributed by atoms with E-state index >= 15 is 0 Å². The molecule has 7 nitrogen and oxygen atoms in total. The average molecular weight is 419 g/mol. The number of rotatable bonds is 6. The highest BCUT2D eigenvalue weighted by molar-refractivity contribution is 5.93. The van der Waals surface area contributed by atoms with Crippen LogP contribution in [0.25, 0.3) is 5.69 Å². The van der Waals surface area contributed by atoms with Gasteiger partial charge in [0.15, 0.2) is 5.69 Å². The van der Waals surface area contributed by atoms with E-state index in [1.807, 2.05) is 44.2 Å². The van der Waals surface area contributed by atoms with Crippen LogP contribution < -0.4 is 5.32 Å². The van der Waals surface area contributed by atoms with Gasteiger partial charge in [0.05, 0.1) is 11.4 Å². The number of amides is 1. The van der Waals surface area contributed by atoms with E-state index in [1.54, 1.807) is 4.68 Å². The molecule has 1 amide bonds. The molecule has 1 aromatic heterocycles. The monoisotopic (exact) mass is 418 g/mol. The van der Waals surface area contributed by atoms with Crippen LogP contribution in [0.2, 0.25) is 0 Å². The van der Waals surface area contributed by atoms with Crippen LogP contribution in [0.4, 0.5) is 0 Å². The quantitative estimate of drug-likeness (QED) is 0.667. The Kier molecular flexibility index (Phi) is 6.44. The van der Waals surface area contributed by atoms with Crippen molar-refractivity contribution in [1.29, 1.82) is 0 Å². The van der Waals surface area contributed by atoms with Crippen molar-refractivity contribution >= 4 is 5.91 Å². The molecule has 1 aliphatic rings. The number of hydrogen-bond acceptors (Lipinski definition) is 5. The fourth-order valence-electron chi connectivity index (χ4n) is 3.84. The van der Waals surface area contributed by atoms with Crippen LogP contribution in [0.1, 0.15) is 32.9 Å². The van der Waals surface area contributed by atoms with E-state index < -0.39 is 0 Å². The van der Waals surface area contributed by atoms with E-state index in [9.17, 15) is 4.79 Å². The molecule has 4 rings (SSSR count). The van der Waals surface area contributed by atoms with Crippen molar-refractivity contribution in [3.63, 3.8) is 0 Å². The molecule has 0 saturated carbocycles. The van der Waals surface area contributed by atoms with Gasteiger partial charge in [-0.2, -0.15) is 0 Å². The van der Waals surface area contributed by atoms with Crippen molar-refractivity contribution in [1.82, 2.24) is 30.1 Å². The lowest BCUT2D eigenvalue weighted by Crippen LogP contribution is -2.43. The summed E-state index contributed by atoms with van der Waals surface area (Å²) < 4.78 is 1.70. The Bertz CT molecular complexity index is 1030. The molecular weight excluding hydrogens is 388 g/mol. The normalized spacial score (nSPS) is 15.2. The van der Waals surface area contributed by atoms with Crippen LogP contribution in [0.5, 0.6) is 0 Å². The number of likely N-dealkylation sites (N-methyl/N-ethyl adjacent to an activating group) is 1. The molecule has 0 unspecified atom stereocenters. The number of aromatic nitrogens is 3. The highest BCUT2D eigenvalue weighted by Gasteiger charge is 2.17. The standard InChI is InChI=1S/C24H30N6O/c1-18-7-9-22(10-8-18)30-19(2)23(26-27-30)24(31)25-16-20-5-4-6-21(15-20)17-29-13-11-28(3)12-14-29/h4-10,15H,11-14,16-17H2,1-3H3,(H,25,31). The molecule has 2 heterocycles. The molecular formula is C24H30N6O. The van der Waals surface area contributed by atoms with Gasteiger partial charge in [-0.3, -0.25) is 9.69 Å². The molecule has 0 atom stereocenters. The van der Waals surface area contributed by atoms with Gasteiger partial charge in [0.25, 0.3) is 5.91 Å². The Balaban J connectivity index is 1.37. The summed E-state index contributed by atoms with van der Waals surface area (Å²) in [6.45, 7) is 9.71. The van der Waals surface area contributed by atoms with Crippen LogP contribution in [0, 0.1) is 13.8 Å². The summed E-state index contributed by atoms with van der Waals surface area (Å²) in [6, 6.07) is 16.4. The molecule has 1 aliphatic heterocycles. The van der Waals surface area contributed by atoms with Gasteiger partial charge in [-0.1, -0.05) is 47.2 Å². The lowest BCUT2D eigenvalue weighted by Gasteiger charge is -2.32. The van der Waals surface area contributed by atoms with Crippen molar-refractivity contribution in [2.45, 2.75) is 26.9 Å². The zero-order valence-corrected chi connectivity index (χ0v) is 18.5. The van der Waals surface area contributed by atoms with E-state index in [0.29, 0.717) is 12.2 Å². The predicted molar refractivity (Wildman–Crippen MR) is 121 cm³/mol. The Morgan fingerprint density at radius 1 is 1.00 bits per heavy atom. The summed E-state index contributed by atoms with van der Waals surface area (Å²) in [5.74, 6) is -0.208. The highest BCUT2D eigenvalue weighted by atomic mass is 16.2. The van der Waals surface area contributed by atoms with Crippen molar-refractivity contribution in [2.75, 3.05) is 33.2 Å². The molecule has 31 heavy (non-hydrogen) atoms. The molecule has 3 aromatic rings. The minimum Gasteiger partial charge on any atom is -0.347 e. The second-order valence-corrected chi connectivity index (χ2v) is 8.35. The summed E-state index contributed by atoms with van der Waals surface area (Å²) >= 11 is 0. The first-order chi connectivity index (χ1) is 15.0. The van der Waals surface area contributed by atoms with Crippen LogP contribution in [0.3, 0.4) is 0 Å². The van der Waals surface area contributed by atoms with E-state index in [-0.39, 0.29) is 5.91 Å². The minimum atomic E-state index is -0.208. The lowest BCUT2D eigenvalue weighted by molar-refractivity contribution is 0.0945. The van der Waals surface area contributed by atoms with E-state index in [0.717, 1.165) is 49.7 Å². The molecule has 162 valence electrons. The first kappa shape index (κ1) is 21.2. The number of aryl methyl sites for hydroxylation is 1. The number of nitrogens with one attached hydrogen (secondary N) is 1. The van der Waals surface area contributed by atoms with Gasteiger partial charge in [-0.05, 0) is 44.2 Å². The third-order valence-electron chi connectivity index (χ3n) is 5.83. The first-order valence-corrected chi connectivity index (χ1v) is 10.8. The Morgan fingerprint density at radius 2 is 1.71 bits per heavy atom. The molecule has 2 aromatic carbocycles. The van der Waals surface area contributed by atoms with Gasteiger partial charge in [0.2, 0.25) is 0 Å². The van der Waals surface area contributed by atoms with Crippen molar-refractivity contribution < 1.29 is 4.79 Å². The van der Waals surface area contributed by atoms with Crippen LogP contribution >= 0.6 is 0 Å². The van der Waals surface area contributed by atoms with Gasteiger partial charge >= 0.3 is 0 Å². The first-order valence-electron chi connectivity index (χ1n) is 10.8. The summed E-state index contributed by atoms with van der Waals surface area (Å²) in [6.07, 6.45) is 0. The third kappa shape index (κ3) is 5.18. The number of carbonyl (C=O) groups is 1. The molecule has 0 radical (unpaired) electrons. The number of hydrogen-bond donors (Lipinski definition) is 1. The maximum Gasteiger partial charge on any atom is 0.274 e. The van der Waals surface area contributed by atoms with Gasteiger partial charge < -0.3 is 10.2 Å². The largest absolute Gasteiger partial charge is 0.347 e. The van der Waals surface area contributed by atoms with Gasteiger partial charge in [-0.15, -0.1) is 5.10 Å². The van der Waals surface area contributed by atoms with E-state index in [4.69, 9.17) is 0 Å². The molecule has 7 heteroatoms. The maximum atomic E-state index is 12.7. The predicted octanol–water partition coefficient (Wildman–Crippen LogP) is 2.56. The molecule has 0 aliphatic carbocycles. The zero-order valence-electron chi connectivity index (χ0n) is 18.5. The van der Waals surface area contributed by atoms with Crippen LogP contribution in [-0.2, 0) is 13.1 Å². The van der Waals surface area contributed by atoms with Crippen LogP contribution in [-0.4, -0.2) is 63.9 Å². The fourth-order valence-corrected chi connectivity index (χ4v) is 3.84. The minimum absolute atomic E-state index is 0.208. The van der Waals surface area contributed by atoms with Crippen molar-refractivity contribution in [3.8, 4) is 5.69 Å². The van der Waals surface area contributed by atoms with E-state index in [2.05, 4.69) is 50.7 Å². The van der Waals surface area contributed by atoms with E-state index in [1.165, 1.54) is 11.1 Å². The summed E-state index contributed by atoms with van der Waals surface area (Å²) in [5.41, 5.74) is 5.52. The molecule has 0 bridgehead atoms. The summed E-state index contributed by atoms with van der Waals surface area (Å²) in [5, 5.41) is 11.3. The van der Waals surface area contributed by atoms with Gasteiger partial charge in [-0.25, -0.2) is 4.68 Å². The topological polar surface area (TPSA) is 66.3 Å². The van der Waals surface area contributed by atoms with Gasteiger partial charge in [0, 0.05) is 39.3 Å². The van der Waals surface area contributed by atoms with Crippen molar-refractivity contribution in [2.24, 2.45) is 0 Å². The number of piperazine rings is 1.